The van der Waals surface area contributed by atoms with Gasteiger partial charge in [-0.25, -0.2) is 0 Å². The Kier molecular flexibility index (Phi) is 8.83. The molecule has 0 fully saturated rings. The number of unbranched alkanes of at least 4 members (excludes halogenated alkanes) is 2. The Hall–Kier alpha value is -0.860. The SMILES string of the molecule is CCCCC(C)Cc1ccc2c(Br)c3cc(CC(C)CCCC)ccc3c(Br)c2c1. The van der Waals surface area contributed by atoms with Crippen molar-refractivity contribution in [2.45, 2.75) is 79.1 Å². The molecule has 0 heterocycles. The van der Waals surface area contributed by atoms with Gasteiger partial charge in [-0.2, -0.15) is 0 Å². The van der Waals surface area contributed by atoms with Crippen LogP contribution in [0.5, 0.6) is 0 Å². The predicted molar refractivity (Wildman–Crippen MR) is 142 cm³/mol. The van der Waals surface area contributed by atoms with Crippen LogP contribution < -0.4 is 0 Å². The zero-order valence-electron chi connectivity index (χ0n) is 19.0. The molecule has 2 unspecified atom stereocenters. The van der Waals surface area contributed by atoms with E-state index in [9.17, 15) is 0 Å². The Balaban J connectivity index is 1.94. The maximum atomic E-state index is 3.95. The molecule has 0 saturated heterocycles. The Morgan fingerprint density at radius 1 is 0.633 bits per heavy atom. The lowest BCUT2D eigenvalue weighted by molar-refractivity contribution is 0.504. The van der Waals surface area contributed by atoms with Crippen molar-refractivity contribution in [3.63, 3.8) is 0 Å². The lowest BCUT2D eigenvalue weighted by Crippen LogP contribution is -2.00. The zero-order valence-corrected chi connectivity index (χ0v) is 22.2. The summed E-state index contributed by atoms with van der Waals surface area (Å²) in [6, 6.07) is 14.1. The first kappa shape index (κ1) is 23.8. The van der Waals surface area contributed by atoms with Gasteiger partial charge in [0.1, 0.15) is 0 Å². The van der Waals surface area contributed by atoms with Crippen LogP contribution in [-0.2, 0) is 12.8 Å². The van der Waals surface area contributed by atoms with Gasteiger partial charge in [-0.15, -0.1) is 0 Å². The molecule has 0 saturated carbocycles. The van der Waals surface area contributed by atoms with E-state index < -0.39 is 0 Å². The first-order valence-corrected chi connectivity index (χ1v) is 13.3. The molecule has 0 N–H and O–H groups in total. The highest BCUT2D eigenvalue weighted by molar-refractivity contribution is 9.11. The molecule has 3 aromatic rings. The Morgan fingerprint density at radius 2 is 1.03 bits per heavy atom. The van der Waals surface area contributed by atoms with Crippen molar-refractivity contribution in [1.82, 2.24) is 0 Å². The average molecular weight is 532 g/mol. The lowest BCUT2D eigenvalue weighted by atomic mass is 9.92. The van der Waals surface area contributed by atoms with E-state index in [-0.39, 0.29) is 0 Å². The molecule has 0 amide bonds. The molecule has 0 nitrogen and oxygen atoms in total. The van der Waals surface area contributed by atoms with E-state index in [1.165, 1.54) is 80.1 Å². The number of hydrogen-bond acceptors (Lipinski definition) is 0. The molecule has 0 aliphatic heterocycles. The summed E-state index contributed by atoms with van der Waals surface area (Å²) in [4.78, 5) is 0. The van der Waals surface area contributed by atoms with Crippen molar-refractivity contribution >= 4 is 53.4 Å². The van der Waals surface area contributed by atoms with E-state index in [0.29, 0.717) is 0 Å². The number of halogens is 2. The second-order valence-corrected chi connectivity index (χ2v) is 10.9. The molecule has 0 aromatic heterocycles. The molecular formula is C28H36Br2. The monoisotopic (exact) mass is 530 g/mol. The second-order valence-electron chi connectivity index (χ2n) is 9.29. The van der Waals surface area contributed by atoms with Gasteiger partial charge in [0.15, 0.2) is 0 Å². The summed E-state index contributed by atoms with van der Waals surface area (Å²) in [5, 5.41) is 5.24. The quantitative estimate of drug-likeness (QED) is 0.228. The number of fused-ring (bicyclic) bond motifs is 2. The minimum atomic E-state index is 0.738. The minimum absolute atomic E-state index is 0.738. The number of rotatable bonds is 10. The van der Waals surface area contributed by atoms with Crippen LogP contribution in [0.4, 0.5) is 0 Å². The highest BCUT2D eigenvalue weighted by Gasteiger charge is 2.14. The fourth-order valence-corrected chi connectivity index (χ4v) is 5.93. The van der Waals surface area contributed by atoms with Crippen molar-refractivity contribution in [1.29, 1.82) is 0 Å². The van der Waals surface area contributed by atoms with E-state index in [2.05, 4.69) is 96.0 Å². The smallest absolute Gasteiger partial charge is 0.0333 e. The first-order chi connectivity index (χ1) is 14.4. The lowest BCUT2D eigenvalue weighted by Gasteiger charge is -2.16. The summed E-state index contributed by atoms with van der Waals surface area (Å²) in [6.45, 7) is 9.32. The molecule has 162 valence electrons. The Bertz CT molecular complexity index is 908. The summed E-state index contributed by atoms with van der Waals surface area (Å²) < 4.78 is 2.45. The molecule has 0 aliphatic carbocycles. The Labute approximate surface area is 200 Å². The van der Waals surface area contributed by atoms with Gasteiger partial charge in [-0.1, -0.05) is 90.5 Å². The summed E-state index contributed by atoms with van der Waals surface area (Å²) >= 11 is 7.90. The van der Waals surface area contributed by atoms with Crippen LogP contribution in [0.3, 0.4) is 0 Å². The third kappa shape index (κ3) is 5.68. The second kappa shape index (κ2) is 11.1. The minimum Gasteiger partial charge on any atom is -0.0654 e. The topological polar surface area (TPSA) is 0 Å². The molecule has 0 aliphatic rings. The van der Waals surface area contributed by atoms with Crippen molar-refractivity contribution in [2.24, 2.45) is 11.8 Å². The molecule has 0 radical (unpaired) electrons. The van der Waals surface area contributed by atoms with E-state index in [4.69, 9.17) is 0 Å². The summed E-state index contributed by atoms with van der Waals surface area (Å²) in [5.74, 6) is 1.48. The van der Waals surface area contributed by atoms with Crippen LogP contribution in [0, 0.1) is 11.8 Å². The summed E-state index contributed by atoms with van der Waals surface area (Å²) in [6.07, 6.45) is 10.2. The zero-order chi connectivity index (χ0) is 21.7. The number of benzene rings is 3. The maximum Gasteiger partial charge on any atom is 0.0333 e. The van der Waals surface area contributed by atoms with Crippen molar-refractivity contribution < 1.29 is 0 Å². The van der Waals surface area contributed by atoms with Crippen molar-refractivity contribution in [2.75, 3.05) is 0 Å². The predicted octanol–water partition coefficient (Wildman–Crippen LogP) is 10.3. The van der Waals surface area contributed by atoms with Crippen LogP contribution in [0.25, 0.3) is 21.5 Å². The third-order valence-corrected chi connectivity index (χ3v) is 8.09. The van der Waals surface area contributed by atoms with Crippen LogP contribution in [0.15, 0.2) is 45.3 Å². The van der Waals surface area contributed by atoms with Gasteiger partial charge >= 0.3 is 0 Å². The molecule has 2 heteroatoms. The van der Waals surface area contributed by atoms with E-state index >= 15 is 0 Å². The van der Waals surface area contributed by atoms with Crippen LogP contribution in [0.2, 0.25) is 0 Å². The van der Waals surface area contributed by atoms with Gasteiger partial charge in [0.25, 0.3) is 0 Å². The Morgan fingerprint density at radius 3 is 1.40 bits per heavy atom. The van der Waals surface area contributed by atoms with Gasteiger partial charge in [-0.3, -0.25) is 0 Å². The fraction of sp³-hybridized carbons (Fsp3) is 0.500. The summed E-state index contributed by atoms with van der Waals surface area (Å²) in [5.41, 5.74) is 2.89. The van der Waals surface area contributed by atoms with Gasteiger partial charge in [0.2, 0.25) is 0 Å². The van der Waals surface area contributed by atoms with Gasteiger partial charge in [0.05, 0.1) is 0 Å². The standard InChI is InChI=1S/C28H36Br2/c1-5-7-9-19(3)15-21-11-13-23-25(17-21)27(29)24-14-12-22(18-26(24)28(23)30)16-20(4)10-8-6-2/h11-14,17-20H,5-10,15-16H2,1-4H3. The fourth-order valence-electron chi connectivity index (χ4n) is 4.59. The van der Waals surface area contributed by atoms with E-state index in [1.807, 2.05) is 0 Å². The molecule has 30 heavy (non-hydrogen) atoms. The van der Waals surface area contributed by atoms with Crippen molar-refractivity contribution in [3.05, 3.63) is 56.5 Å². The van der Waals surface area contributed by atoms with Crippen LogP contribution >= 0.6 is 31.9 Å². The summed E-state index contributed by atoms with van der Waals surface area (Å²) in [7, 11) is 0. The van der Waals surface area contributed by atoms with E-state index in [1.54, 1.807) is 0 Å². The maximum absolute atomic E-state index is 3.95. The molecular weight excluding hydrogens is 496 g/mol. The molecule has 0 bridgehead atoms. The first-order valence-electron chi connectivity index (χ1n) is 11.8. The normalized spacial score (nSPS) is 13.8. The largest absolute Gasteiger partial charge is 0.0654 e. The molecule has 0 spiro atoms. The number of hydrogen-bond donors (Lipinski definition) is 0. The van der Waals surface area contributed by atoms with Crippen molar-refractivity contribution in [3.8, 4) is 0 Å². The third-order valence-electron chi connectivity index (χ3n) is 6.38. The molecule has 3 aromatic carbocycles. The van der Waals surface area contributed by atoms with Crippen LogP contribution in [0.1, 0.15) is 77.3 Å². The highest BCUT2D eigenvalue weighted by atomic mass is 79.9. The molecule has 2 atom stereocenters. The van der Waals surface area contributed by atoms with E-state index in [0.717, 1.165) is 24.7 Å². The van der Waals surface area contributed by atoms with Gasteiger partial charge in [0, 0.05) is 8.95 Å². The average Bonchev–Trinajstić information content (AvgIpc) is 2.74. The highest BCUT2D eigenvalue weighted by Crippen LogP contribution is 2.40. The van der Waals surface area contributed by atoms with Crippen LogP contribution in [-0.4, -0.2) is 0 Å². The van der Waals surface area contributed by atoms with Gasteiger partial charge in [-0.05, 0) is 101 Å². The van der Waals surface area contributed by atoms with Gasteiger partial charge < -0.3 is 0 Å². The molecule has 3 rings (SSSR count).